The standard InChI is InChI=1S/C16H14Cl2FN/c17-12-3-6-16(15(18)9-12)20-14-7-11(8-14)10-1-4-13(19)5-2-10/h1-6,9,11,14,20H,7-8H2. The lowest BCUT2D eigenvalue weighted by Gasteiger charge is -2.37. The van der Waals surface area contributed by atoms with Gasteiger partial charge in [-0.1, -0.05) is 35.3 Å². The Morgan fingerprint density at radius 1 is 1.00 bits per heavy atom. The van der Waals surface area contributed by atoms with Crippen LogP contribution in [0.3, 0.4) is 0 Å². The van der Waals surface area contributed by atoms with Crippen LogP contribution in [0.1, 0.15) is 24.3 Å². The predicted octanol–water partition coefficient (Wildman–Crippen LogP) is 5.49. The van der Waals surface area contributed by atoms with Gasteiger partial charge in [0.15, 0.2) is 0 Å². The summed E-state index contributed by atoms with van der Waals surface area (Å²) in [5.74, 6) is 0.315. The van der Waals surface area contributed by atoms with Gasteiger partial charge in [-0.05, 0) is 54.7 Å². The smallest absolute Gasteiger partial charge is 0.123 e. The van der Waals surface area contributed by atoms with E-state index in [9.17, 15) is 4.39 Å². The molecule has 1 nitrogen and oxygen atoms in total. The van der Waals surface area contributed by atoms with Gasteiger partial charge >= 0.3 is 0 Å². The van der Waals surface area contributed by atoms with Crippen LogP contribution >= 0.6 is 23.2 Å². The summed E-state index contributed by atoms with van der Waals surface area (Å²) in [6.45, 7) is 0. The summed E-state index contributed by atoms with van der Waals surface area (Å²) < 4.78 is 12.9. The van der Waals surface area contributed by atoms with Crippen LogP contribution in [0, 0.1) is 5.82 Å². The zero-order chi connectivity index (χ0) is 14.1. The molecule has 0 aliphatic heterocycles. The summed E-state index contributed by atoms with van der Waals surface area (Å²) in [5.41, 5.74) is 2.12. The van der Waals surface area contributed by atoms with E-state index in [0.29, 0.717) is 22.0 Å². The molecule has 2 aromatic rings. The Balaban J connectivity index is 1.59. The van der Waals surface area contributed by atoms with Gasteiger partial charge in [-0.3, -0.25) is 0 Å². The highest BCUT2D eigenvalue weighted by Gasteiger charge is 2.30. The lowest BCUT2D eigenvalue weighted by molar-refractivity contribution is 0.374. The maximum absolute atomic E-state index is 12.9. The number of benzene rings is 2. The van der Waals surface area contributed by atoms with Crippen LogP contribution in [0.2, 0.25) is 10.0 Å². The third-order valence-corrected chi connectivity index (χ3v) is 4.32. The summed E-state index contributed by atoms with van der Waals surface area (Å²) in [6.07, 6.45) is 2.06. The van der Waals surface area contributed by atoms with Crippen molar-refractivity contribution in [1.29, 1.82) is 0 Å². The van der Waals surface area contributed by atoms with Gasteiger partial charge in [0.25, 0.3) is 0 Å². The van der Waals surface area contributed by atoms with E-state index in [-0.39, 0.29) is 5.82 Å². The SMILES string of the molecule is Fc1ccc(C2CC(Nc3ccc(Cl)cc3Cl)C2)cc1. The van der Waals surface area contributed by atoms with Gasteiger partial charge in [-0.2, -0.15) is 0 Å². The molecular formula is C16H14Cl2FN. The fourth-order valence-electron chi connectivity index (χ4n) is 2.57. The fourth-order valence-corrected chi connectivity index (χ4v) is 3.03. The van der Waals surface area contributed by atoms with Crippen LogP contribution < -0.4 is 5.32 Å². The zero-order valence-corrected chi connectivity index (χ0v) is 12.3. The van der Waals surface area contributed by atoms with Gasteiger partial charge in [0.2, 0.25) is 0 Å². The molecule has 1 saturated carbocycles. The molecule has 2 aromatic carbocycles. The Morgan fingerprint density at radius 3 is 2.35 bits per heavy atom. The minimum Gasteiger partial charge on any atom is -0.381 e. The molecule has 0 spiro atoms. The molecule has 1 fully saturated rings. The second-order valence-electron chi connectivity index (χ2n) is 5.19. The van der Waals surface area contributed by atoms with E-state index in [4.69, 9.17) is 23.2 Å². The molecular weight excluding hydrogens is 296 g/mol. The van der Waals surface area contributed by atoms with Crippen molar-refractivity contribution in [3.8, 4) is 0 Å². The average molecular weight is 310 g/mol. The minimum absolute atomic E-state index is 0.185. The number of rotatable bonds is 3. The van der Waals surface area contributed by atoms with Gasteiger partial charge in [-0.25, -0.2) is 4.39 Å². The van der Waals surface area contributed by atoms with E-state index in [2.05, 4.69) is 5.32 Å². The van der Waals surface area contributed by atoms with E-state index >= 15 is 0 Å². The van der Waals surface area contributed by atoms with Crippen molar-refractivity contribution in [2.24, 2.45) is 0 Å². The topological polar surface area (TPSA) is 12.0 Å². The Kier molecular flexibility index (Phi) is 3.86. The van der Waals surface area contributed by atoms with Crippen molar-refractivity contribution in [3.05, 3.63) is 63.9 Å². The number of halogens is 3. The first-order valence-corrected chi connectivity index (χ1v) is 7.34. The molecule has 0 radical (unpaired) electrons. The van der Waals surface area contributed by atoms with Crippen molar-refractivity contribution in [2.45, 2.75) is 24.8 Å². The van der Waals surface area contributed by atoms with Crippen LogP contribution in [-0.4, -0.2) is 6.04 Å². The second kappa shape index (κ2) is 5.63. The molecule has 3 rings (SSSR count). The summed E-state index contributed by atoms with van der Waals surface area (Å²) in [4.78, 5) is 0. The van der Waals surface area contributed by atoms with Gasteiger partial charge in [0.1, 0.15) is 5.82 Å². The predicted molar refractivity (Wildman–Crippen MR) is 82.2 cm³/mol. The largest absolute Gasteiger partial charge is 0.381 e. The number of hydrogen-bond acceptors (Lipinski definition) is 1. The molecule has 1 N–H and O–H groups in total. The zero-order valence-electron chi connectivity index (χ0n) is 10.7. The van der Waals surface area contributed by atoms with Crippen LogP contribution in [-0.2, 0) is 0 Å². The van der Waals surface area contributed by atoms with E-state index in [1.807, 2.05) is 24.3 Å². The Hall–Kier alpha value is -1.25. The quantitative estimate of drug-likeness (QED) is 0.790. The Labute approximate surface area is 127 Å². The maximum Gasteiger partial charge on any atom is 0.123 e. The van der Waals surface area contributed by atoms with E-state index in [1.165, 1.54) is 17.7 Å². The highest BCUT2D eigenvalue weighted by molar-refractivity contribution is 6.36. The molecule has 20 heavy (non-hydrogen) atoms. The van der Waals surface area contributed by atoms with Gasteiger partial charge < -0.3 is 5.32 Å². The Morgan fingerprint density at radius 2 is 1.70 bits per heavy atom. The summed E-state index contributed by atoms with van der Waals surface area (Å²) in [7, 11) is 0. The first-order valence-electron chi connectivity index (χ1n) is 6.59. The molecule has 4 heteroatoms. The molecule has 1 aliphatic carbocycles. The number of nitrogens with one attached hydrogen (secondary N) is 1. The van der Waals surface area contributed by atoms with Crippen molar-refractivity contribution < 1.29 is 4.39 Å². The minimum atomic E-state index is -0.185. The third kappa shape index (κ3) is 2.92. The highest BCUT2D eigenvalue weighted by atomic mass is 35.5. The van der Waals surface area contributed by atoms with Crippen molar-refractivity contribution in [3.63, 3.8) is 0 Å². The molecule has 0 amide bonds. The summed E-state index contributed by atoms with van der Waals surface area (Å²) in [5, 5.41) is 4.70. The van der Waals surface area contributed by atoms with Crippen LogP contribution in [0.15, 0.2) is 42.5 Å². The van der Waals surface area contributed by atoms with Gasteiger partial charge in [-0.15, -0.1) is 0 Å². The van der Waals surface area contributed by atoms with Crippen LogP contribution in [0.25, 0.3) is 0 Å². The average Bonchev–Trinajstić information content (AvgIpc) is 2.37. The monoisotopic (exact) mass is 309 g/mol. The third-order valence-electron chi connectivity index (χ3n) is 3.77. The molecule has 0 saturated heterocycles. The lowest BCUT2D eigenvalue weighted by Crippen LogP contribution is -2.34. The van der Waals surface area contributed by atoms with Crippen LogP contribution in [0.4, 0.5) is 10.1 Å². The molecule has 0 atom stereocenters. The summed E-state index contributed by atoms with van der Waals surface area (Å²) >= 11 is 12.0. The highest BCUT2D eigenvalue weighted by Crippen LogP contribution is 2.39. The molecule has 0 bridgehead atoms. The Bertz CT molecular complexity index is 606. The first-order chi connectivity index (χ1) is 9.61. The van der Waals surface area contributed by atoms with Crippen molar-refractivity contribution in [2.75, 3.05) is 5.32 Å². The van der Waals surface area contributed by atoms with Crippen molar-refractivity contribution in [1.82, 2.24) is 0 Å². The van der Waals surface area contributed by atoms with Crippen LogP contribution in [0.5, 0.6) is 0 Å². The normalized spacial score (nSPS) is 21.4. The molecule has 0 aromatic heterocycles. The van der Waals surface area contributed by atoms with Gasteiger partial charge in [0, 0.05) is 11.1 Å². The molecule has 0 heterocycles. The number of hydrogen-bond donors (Lipinski definition) is 1. The van der Waals surface area contributed by atoms with Crippen molar-refractivity contribution >= 4 is 28.9 Å². The fraction of sp³-hybridized carbons (Fsp3) is 0.250. The first kappa shape index (κ1) is 13.7. The number of anilines is 1. The van der Waals surface area contributed by atoms with E-state index < -0.39 is 0 Å². The van der Waals surface area contributed by atoms with Gasteiger partial charge in [0.05, 0.1) is 10.7 Å². The lowest BCUT2D eigenvalue weighted by atomic mass is 9.76. The van der Waals surface area contributed by atoms with E-state index in [1.54, 1.807) is 6.07 Å². The second-order valence-corrected chi connectivity index (χ2v) is 6.03. The van der Waals surface area contributed by atoms with E-state index in [0.717, 1.165) is 18.5 Å². The maximum atomic E-state index is 12.9. The molecule has 1 aliphatic rings. The summed E-state index contributed by atoms with van der Waals surface area (Å²) in [6, 6.07) is 12.6. The molecule has 104 valence electrons. The molecule has 0 unspecified atom stereocenters.